The van der Waals surface area contributed by atoms with E-state index in [4.69, 9.17) is 4.74 Å². The molecule has 2 aromatic carbocycles. The lowest BCUT2D eigenvalue weighted by molar-refractivity contribution is 0.265. The van der Waals surface area contributed by atoms with Crippen LogP contribution >= 0.6 is 0 Å². The van der Waals surface area contributed by atoms with Gasteiger partial charge in [0, 0.05) is 30.3 Å². The lowest BCUT2D eigenvalue weighted by atomic mass is 9.79. The Labute approximate surface area is 157 Å². The molecular weight excluding hydrogens is 324 g/mol. The second kappa shape index (κ2) is 8.00. The number of unbranched alkanes of at least 4 members (excludes halogenated alkanes) is 1. The van der Waals surface area contributed by atoms with E-state index in [2.05, 4.69) is 43.0 Å². The summed E-state index contributed by atoms with van der Waals surface area (Å²) >= 11 is 0. The average molecular weight is 353 g/mol. The number of para-hydroxylation sites is 1. The maximum absolute atomic E-state index is 13.1. The molecule has 0 fully saturated rings. The summed E-state index contributed by atoms with van der Waals surface area (Å²) in [5.41, 5.74) is 2.75. The Kier molecular flexibility index (Phi) is 5.72. The van der Waals surface area contributed by atoms with Gasteiger partial charge in [0.05, 0.1) is 18.5 Å². The van der Waals surface area contributed by atoms with Gasteiger partial charge in [0.1, 0.15) is 5.75 Å². The zero-order chi connectivity index (χ0) is 18.6. The van der Waals surface area contributed by atoms with Crippen LogP contribution in [0.3, 0.4) is 0 Å². The second-order valence-corrected chi connectivity index (χ2v) is 7.27. The highest BCUT2D eigenvalue weighted by Crippen LogP contribution is 2.45. The molecule has 1 atom stereocenters. The van der Waals surface area contributed by atoms with E-state index in [1.165, 1.54) is 5.06 Å². The zero-order valence-corrected chi connectivity index (χ0v) is 16.1. The van der Waals surface area contributed by atoms with E-state index in [9.17, 15) is 5.21 Å². The molecule has 0 radical (unpaired) electrons. The molecule has 4 heteroatoms. The smallest absolute Gasteiger partial charge is 0.121 e. The predicted molar refractivity (Wildman–Crippen MR) is 109 cm³/mol. The van der Waals surface area contributed by atoms with Crippen LogP contribution in [0.2, 0.25) is 0 Å². The van der Waals surface area contributed by atoms with Gasteiger partial charge in [-0.05, 0) is 37.1 Å². The summed E-state index contributed by atoms with van der Waals surface area (Å²) in [6, 6.07) is 16.2. The number of anilines is 3. The van der Waals surface area contributed by atoms with Crippen LogP contribution < -0.4 is 14.7 Å². The number of benzene rings is 2. The predicted octanol–water partition coefficient (Wildman–Crippen LogP) is 5.74. The van der Waals surface area contributed by atoms with Gasteiger partial charge in [0.15, 0.2) is 0 Å². The van der Waals surface area contributed by atoms with Crippen molar-refractivity contribution in [3.8, 4) is 5.75 Å². The normalized spacial score (nSPS) is 19.8. The van der Waals surface area contributed by atoms with Gasteiger partial charge in [-0.25, -0.2) is 0 Å². The first-order valence-corrected chi connectivity index (χ1v) is 9.58. The lowest BCUT2D eigenvalue weighted by Crippen LogP contribution is -2.40. The fourth-order valence-electron chi connectivity index (χ4n) is 3.87. The fraction of sp³-hybridized carbons (Fsp3) is 0.455. The third-order valence-electron chi connectivity index (χ3n) is 5.59. The summed E-state index contributed by atoms with van der Waals surface area (Å²) in [5, 5.41) is 14.3. The van der Waals surface area contributed by atoms with E-state index in [0.717, 1.165) is 49.4 Å². The third-order valence-corrected chi connectivity index (χ3v) is 5.59. The highest BCUT2D eigenvalue weighted by molar-refractivity contribution is 5.80. The molecule has 4 nitrogen and oxygen atoms in total. The van der Waals surface area contributed by atoms with Crippen molar-refractivity contribution in [3.63, 3.8) is 0 Å². The van der Waals surface area contributed by atoms with Crippen LogP contribution in [0, 0.1) is 10.6 Å². The van der Waals surface area contributed by atoms with Crippen LogP contribution in [-0.2, 0) is 0 Å². The molecule has 0 aromatic heterocycles. The van der Waals surface area contributed by atoms with Crippen molar-refractivity contribution >= 4 is 17.1 Å². The quantitative estimate of drug-likeness (QED) is 0.664. The summed E-state index contributed by atoms with van der Waals surface area (Å²) in [6.07, 6.45) is 4.34. The van der Waals surface area contributed by atoms with E-state index < -0.39 is 0 Å². The molecule has 3 rings (SSSR count). The maximum atomic E-state index is 13.1. The molecule has 2 aromatic rings. The number of methoxy groups -OCH3 is 1. The van der Waals surface area contributed by atoms with Crippen molar-refractivity contribution in [3.05, 3.63) is 53.7 Å². The van der Waals surface area contributed by atoms with Crippen molar-refractivity contribution in [2.45, 2.75) is 39.5 Å². The number of rotatable bonds is 6. The standard InChI is InChI=1S/C22H29N2O2/c1-4-6-14-22(5-2)16-23(18-10-8-7-9-11-18)20-13-12-19(26-3)15-21(20)24(25)17-22/h7-13,15H,4-6,14,16-17H2,1-3H3/q-1. The molecule has 0 aliphatic carbocycles. The van der Waals surface area contributed by atoms with Crippen LogP contribution in [0.1, 0.15) is 39.5 Å². The van der Waals surface area contributed by atoms with Gasteiger partial charge in [-0.2, -0.15) is 0 Å². The lowest BCUT2D eigenvalue weighted by Gasteiger charge is -2.40. The number of fused-ring (bicyclic) bond motifs is 1. The number of hydrogen-bond donors (Lipinski definition) is 0. The molecule has 1 aliphatic heterocycles. The molecule has 140 valence electrons. The number of nitrogens with zero attached hydrogens (tertiary/aromatic N) is 2. The van der Waals surface area contributed by atoms with Crippen molar-refractivity contribution in [1.82, 2.24) is 0 Å². The summed E-state index contributed by atoms with van der Waals surface area (Å²) in [5.74, 6) is 0.718. The molecule has 0 bridgehead atoms. The summed E-state index contributed by atoms with van der Waals surface area (Å²) in [7, 11) is 1.64. The molecular formula is C22H29N2O2-. The van der Waals surface area contributed by atoms with Crippen LogP contribution in [0.25, 0.3) is 0 Å². The number of hydroxylamine groups is 1. The van der Waals surface area contributed by atoms with Gasteiger partial charge in [-0.15, -0.1) is 0 Å². The van der Waals surface area contributed by atoms with Crippen LogP contribution in [-0.4, -0.2) is 20.2 Å². The Balaban J connectivity index is 2.10. The molecule has 0 saturated heterocycles. The van der Waals surface area contributed by atoms with Crippen LogP contribution in [0.15, 0.2) is 48.5 Å². The van der Waals surface area contributed by atoms with Gasteiger partial charge >= 0.3 is 0 Å². The van der Waals surface area contributed by atoms with E-state index >= 15 is 0 Å². The fourth-order valence-corrected chi connectivity index (χ4v) is 3.87. The molecule has 0 N–H and O–H groups in total. The SMILES string of the molecule is CCCCC1(CC)CN([O-])c2cc(OC)ccc2N(c2ccccc2)C1. The topological polar surface area (TPSA) is 38.8 Å². The number of hydrogen-bond acceptors (Lipinski definition) is 4. The molecule has 1 aliphatic rings. The van der Waals surface area contributed by atoms with Gasteiger partial charge < -0.3 is 19.9 Å². The molecule has 0 spiro atoms. The molecule has 0 saturated carbocycles. The molecule has 0 amide bonds. The Hall–Kier alpha value is -2.20. The van der Waals surface area contributed by atoms with Gasteiger partial charge in [-0.1, -0.05) is 44.9 Å². The number of ether oxygens (including phenoxy) is 1. The molecule has 1 heterocycles. The van der Waals surface area contributed by atoms with Gasteiger partial charge in [0.2, 0.25) is 0 Å². The Morgan fingerprint density at radius 2 is 1.81 bits per heavy atom. The van der Waals surface area contributed by atoms with E-state index in [0.29, 0.717) is 12.2 Å². The summed E-state index contributed by atoms with van der Waals surface area (Å²) in [6.45, 7) is 5.80. The highest BCUT2D eigenvalue weighted by atomic mass is 16.5. The second-order valence-electron chi connectivity index (χ2n) is 7.27. The van der Waals surface area contributed by atoms with Gasteiger partial charge in [-0.3, -0.25) is 0 Å². The first kappa shape index (κ1) is 18.6. The van der Waals surface area contributed by atoms with Crippen LogP contribution in [0.5, 0.6) is 5.75 Å². The largest absolute Gasteiger partial charge is 0.758 e. The van der Waals surface area contributed by atoms with Gasteiger partial charge in [0.25, 0.3) is 0 Å². The van der Waals surface area contributed by atoms with Crippen molar-refractivity contribution in [2.75, 3.05) is 30.2 Å². The monoisotopic (exact) mass is 353 g/mol. The minimum atomic E-state index is -0.0279. The average Bonchev–Trinajstić information content (AvgIpc) is 2.82. The Morgan fingerprint density at radius 3 is 2.46 bits per heavy atom. The van der Waals surface area contributed by atoms with E-state index in [-0.39, 0.29) is 5.41 Å². The minimum absolute atomic E-state index is 0.0279. The first-order chi connectivity index (χ1) is 12.6. The zero-order valence-electron chi connectivity index (χ0n) is 16.1. The van der Waals surface area contributed by atoms with E-state index in [1.54, 1.807) is 7.11 Å². The Bertz CT molecular complexity index is 719. The molecule has 1 unspecified atom stereocenters. The third kappa shape index (κ3) is 3.65. The summed E-state index contributed by atoms with van der Waals surface area (Å²) in [4.78, 5) is 2.31. The van der Waals surface area contributed by atoms with Crippen LogP contribution in [0.4, 0.5) is 17.1 Å². The first-order valence-electron chi connectivity index (χ1n) is 9.58. The van der Waals surface area contributed by atoms with E-state index in [1.807, 2.05) is 24.3 Å². The maximum Gasteiger partial charge on any atom is 0.121 e. The van der Waals surface area contributed by atoms with Crippen molar-refractivity contribution in [1.29, 1.82) is 0 Å². The highest BCUT2D eigenvalue weighted by Gasteiger charge is 2.35. The minimum Gasteiger partial charge on any atom is -0.758 e. The summed E-state index contributed by atoms with van der Waals surface area (Å²) < 4.78 is 5.37. The molecule has 26 heavy (non-hydrogen) atoms. The Morgan fingerprint density at radius 1 is 1.04 bits per heavy atom. The van der Waals surface area contributed by atoms with Crippen molar-refractivity contribution in [2.24, 2.45) is 5.41 Å². The van der Waals surface area contributed by atoms with Crippen molar-refractivity contribution < 1.29 is 4.74 Å².